The number of aryl methyl sites for hydroxylation is 1. The molecular formula is C25H22ClN3O3S. The molecule has 0 aliphatic heterocycles. The second-order valence-electron chi connectivity index (χ2n) is 7.27. The molecule has 6 nitrogen and oxygen atoms in total. The second-order valence-corrected chi connectivity index (χ2v) is 8.66. The summed E-state index contributed by atoms with van der Waals surface area (Å²) in [6.07, 6.45) is 6.71. The normalized spacial score (nSPS) is 11.2. The average Bonchev–Trinajstić information content (AvgIpc) is 3.30. The SMILES string of the molecule is COc1ccc(/C=C/C(=O)N(Cc2cccnc2)c2nc3c(C)ccc(Cl)c3s2)cc1OC. The Bertz CT molecular complexity index is 1280. The summed E-state index contributed by atoms with van der Waals surface area (Å²) in [7, 11) is 3.16. The number of fused-ring (bicyclic) bond motifs is 1. The van der Waals surface area contributed by atoms with Gasteiger partial charge in [0.05, 0.1) is 36.0 Å². The third-order valence-electron chi connectivity index (χ3n) is 5.07. The quantitative estimate of drug-likeness (QED) is 0.308. The number of thiazole rings is 1. The molecule has 1 amide bonds. The Kier molecular flexibility index (Phi) is 6.91. The average molecular weight is 480 g/mol. The molecule has 0 saturated carbocycles. The van der Waals surface area contributed by atoms with Gasteiger partial charge in [0.2, 0.25) is 0 Å². The fourth-order valence-corrected chi connectivity index (χ4v) is 4.66. The molecule has 2 heterocycles. The van der Waals surface area contributed by atoms with Crippen molar-refractivity contribution in [3.8, 4) is 11.5 Å². The minimum atomic E-state index is -0.207. The Labute approximate surface area is 201 Å². The van der Waals surface area contributed by atoms with Crippen molar-refractivity contribution in [1.82, 2.24) is 9.97 Å². The molecule has 0 N–H and O–H groups in total. The van der Waals surface area contributed by atoms with E-state index in [1.54, 1.807) is 43.7 Å². The summed E-state index contributed by atoms with van der Waals surface area (Å²) >= 11 is 7.80. The van der Waals surface area contributed by atoms with Crippen LogP contribution in [0, 0.1) is 6.92 Å². The molecule has 0 bridgehead atoms. The van der Waals surface area contributed by atoms with Gasteiger partial charge in [-0.25, -0.2) is 4.98 Å². The van der Waals surface area contributed by atoms with E-state index < -0.39 is 0 Å². The zero-order chi connectivity index (χ0) is 23.4. The van der Waals surface area contributed by atoms with Gasteiger partial charge in [-0.05, 0) is 54.0 Å². The molecule has 2 aromatic heterocycles. The predicted octanol–water partition coefficient (Wildman–Crippen LogP) is 5.92. The van der Waals surface area contributed by atoms with E-state index >= 15 is 0 Å². The van der Waals surface area contributed by atoms with Crippen LogP contribution < -0.4 is 14.4 Å². The molecule has 4 aromatic rings. The minimum absolute atomic E-state index is 0.207. The van der Waals surface area contributed by atoms with Gasteiger partial charge in [-0.1, -0.05) is 41.1 Å². The number of pyridine rings is 1. The molecule has 0 aliphatic rings. The van der Waals surface area contributed by atoms with Crippen molar-refractivity contribution < 1.29 is 14.3 Å². The van der Waals surface area contributed by atoms with Crippen molar-refractivity contribution in [1.29, 1.82) is 0 Å². The standard InChI is InChI=1S/C25H22ClN3O3S/c1-16-6-9-19(26)24-23(16)28-25(33-24)29(15-18-5-4-12-27-14-18)22(30)11-8-17-7-10-20(31-2)21(13-17)32-3/h4-14H,15H2,1-3H3/b11-8+. The number of anilines is 1. The number of hydrogen-bond donors (Lipinski definition) is 0. The maximum atomic E-state index is 13.3. The zero-order valence-corrected chi connectivity index (χ0v) is 20.0. The summed E-state index contributed by atoms with van der Waals surface area (Å²) in [6, 6.07) is 13.0. The number of aromatic nitrogens is 2. The maximum Gasteiger partial charge on any atom is 0.253 e. The highest BCUT2D eigenvalue weighted by Gasteiger charge is 2.20. The van der Waals surface area contributed by atoms with Crippen molar-refractivity contribution in [2.75, 3.05) is 19.1 Å². The fourth-order valence-electron chi connectivity index (χ4n) is 3.33. The van der Waals surface area contributed by atoms with Crippen LogP contribution in [0.15, 0.2) is 60.9 Å². The van der Waals surface area contributed by atoms with Crippen LogP contribution in [0.2, 0.25) is 5.02 Å². The first-order valence-electron chi connectivity index (χ1n) is 10.2. The maximum absolute atomic E-state index is 13.3. The monoisotopic (exact) mass is 479 g/mol. The number of carbonyl (C=O) groups is 1. The predicted molar refractivity (Wildman–Crippen MR) is 133 cm³/mol. The van der Waals surface area contributed by atoms with E-state index in [1.807, 2.05) is 43.3 Å². The fraction of sp³-hybridized carbons (Fsp3) is 0.160. The summed E-state index contributed by atoms with van der Waals surface area (Å²) in [4.78, 5) is 23.9. The van der Waals surface area contributed by atoms with Crippen LogP contribution in [-0.4, -0.2) is 30.1 Å². The van der Waals surface area contributed by atoms with Gasteiger partial charge in [0, 0.05) is 18.5 Å². The number of hydrogen-bond acceptors (Lipinski definition) is 6. The highest BCUT2D eigenvalue weighted by Crippen LogP contribution is 2.36. The number of rotatable bonds is 7. The Morgan fingerprint density at radius 3 is 2.67 bits per heavy atom. The molecule has 8 heteroatoms. The first-order valence-corrected chi connectivity index (χ1v) is 11.4. The Hall–Kier alpha value is -3.42. The molecule has 2 aromatic carbocycles. The number of methoxy groups -OCH3 is 2. The molecule has 33 heavy (non-hydrogen) atoms. The molecule has 4 rings (SSSR count). The topological polar surface area (TPSA) is 64.5 Å². The van der Waals surface area contributed by atoms with Gasteiger partial charge in [-0.15, -0.1) is 0 Å². The summed E-state index contributed by atoms with van der Waals surface area (Å²) in [5.41, 5.74) is 3.51. The van der Waals surface area contributed by atoms with Crippen molar-refractivity contribution in [3.63, 3.8) is 0 Å². The third kappa shape index (κ3) is 4.99. The second kappa shape index (κ2) is 10.0. The van der Waals surface area contributed by atoms with Crippen LogP contribution >= 0.6 is 22.9 Å². The molecule has 0 fully saturated rings. The lowest BCUT2D eigenvalue weighted by molar-refractivity contribution is -0.114. The smallest absolute Gasteiger partial charge is 0.253 e. The van der Waals surface area contributed by atoms with Crippen molar-refractivity contribution in [3.05, 3.63) is 82.6 Å². The molecule has 0 radical (unpaired) electrons. The molecule has 168 valence electrons. The van der Waals surface area contributed by atoms with E-state index in [2.05, 4.69) is 4.98 Å². The summed E-state index contributed by atoms with van der Waals surface area (Å²) < 4.78 is 11.5. The highest BCUT2D eigenvalue weighted by molar-refractivity contribution is 7.23. The number of benzene rings is 2. The van der Waals surface area contributed by atoms with E-state index in [0.717, 1.165) is 26.9 Å². The van der Waals surface area contributed by atoms with Crippen LogP contribution in [0.5, 0.6) is 11.5 Å². The van der Waals surface area contributed by atoms with Gasteiger partial charge in [0.15, 0.2) is 16.6 Å². The van der Waals surface area contributed by atoms with E-state index in [-0.39, 0.29) is 5.91 Å². The van der Waals surface area contributed by atoms with Crippen LogP contribution in [-0.2, 0) is 11.3 Å². The van der Waals surface area contributed by atoms with Gasteiger partial charge >= 0.3 is 0 Å². The van der Waals surface area contributed by atoms with E-state index in [9.17, 15) is 4.79 Å². The molecule has 0 atom stereocenters. The number of carbonyl (C=O) groups excluding carboxylic acids is 1. The van der Waals surface area contributed by atoms with Crippen LogP contribution in [0.4, 0.5) is 5.13 Å². The lowest BCUT2D eigenvalue weighted by atomic mass is 10.2. The third-order valence-corrected chi connectivity index (χ3v) is 6.61. The van der Waals surface area contributed by atoms with Gasteiger partial charge in [-0.2, -0.15) is 0 Å². The largest absolute Gasteiger partial charge is 0.493 e. The molecule has 0 aliphatic carbocycles. The van der Waals surface area contributed by atoms with Crippen LogP contribution in [0.1, 0.15) is 16.7 Å². The van der Waals surface area contributed by atoms with E-state index in [4.69, 9.17) is 26.1 Å². The minimum Gasteiger partial charge on any atom is -0.493 e. The molecule has 0 spiro atoms. The number of ether oxygens (including phenoxy) is 2. The van der Waals surface area contributed by atoms with Gasteiger partial charge in [0.25, 0.3) is 5.91 Å². The van der Waals surface area contributed by atoms with E-state index in [1.165, 1.54) is 17.4 Å². The van der Waals surface area contributed by atoms with Gasteiger partial charge in [-0.3, -0.25) is 14.7 Å². The lowest BCUT2D eigenvalue weighted by Gasteiger charge is -2.18. The van der Waals surface area contributed by atoms with Gasteiger partial charge < -0.3 is 9.47 Å². The van der Waals surface area contributed by atoms with Gasteiger partial charge in [0.1, 0.15) is 0 Å². The van der Waals surface area contributed by atoms with Crippen LogP contribution in [0.3, 0.4) is 0 Å². The molecule has 0 saturated heterocycles. The number of amides is 1. The van der Waals surface area contributed by atoms with Crippen LogP contribution in [0.25, 0.3) is 16.3 Å². The Morgan fingerprint density at radius 1 is 1.15 bits per heavy atom. The first kappa shape index (κ1) is 22.8. The highest BCUT2D eigenvalue weighted by atomic mass is 35.5. The van der Waals surface area contributed by atoms with Crippen molar-refractivity contribution in [2.24, 2.45) is 0 Å². The molecule has 0 unspecified atom stereocenters. The summed E-state index contributed by atoms with van der Waals surface area (Å²) in [5, 5.41) is 1.20. The van der Waals surface area contributed by atoms with Crippen molar-refractivity contribution >= 4 is 50.3 Å². The first-order chi connectivity index (χ1) is 16.0. The van der Waals surface area contributed by atoms with Crippen molar-refractivity contribution in [2.45, 2.75) is 13.5 Å². The Morgan fingerprint density at radius 2 is 1.97 bits per heavy atom. The summed E-state index contributed by atoms with van der Waals surface area (Å²) in [6.45, 7) is 2.31. The number of nitrogens with zero attached hydrogens (tertiary/aromatic N) is 3. The molecular weight excluding hydrogens is 458 g/mol. The Balaban J connectivity index is 1.69. The number of halogens is 1. The lowest BCUT2D eigenvalue weighted by Crippen LogP contribution is -2.28. The van der Waals surface area contributed by atoms with E-state index in [0.29, 0.717) is 28.2 Å². The zero-order valence-electron chi connectivity index (χ0n) is 18.4. The summed E-state index contributed by atoms with van der Waals surface area (Å²) in [5.74, 6) is 1.01.